The Bertz CT molecular complexity index is 460. The van der Waals surface area contributed by atoms with Gasteiger partial charge >= 0.3 is 0 Å². The summed E-state index contributed by atoms with van der Waals surface area (Å²) in [5, 5.41) is 2.99. The van der Waals surface area contributed by atoms with Crippen molar-refractivity contribution in [3.8, 4) is 0 Å². The van der Waals surface area contributed by atoms with Gasteiger partial charge in [0.25, 0.3) is 5.91 Å². The second-order valence-electron chi connectivity index (χ2n) is 5.12. The Morgan fingerprint density at radius 2 is 2.14 bits per heavy atom. The van der Waals surface area contributed by atoms with E-state index in [0.29, 0.717) is 23.8 Å². The minimum atomic E-state index is -0.0957. The van der Waals surface area contributed by atoms with E-state index in [-0.39, 0.29) is 30.7 Å². The van der Waals surface area contributed by atoms with E-state index in [1.165, 1.54) is 6.42 Å². The molecule has 1 unspecified atom stereocenters. The molecule has 0 radical (unpaired) electrons. The van der Waals surface area contributed by atoms with Crippen molar-refractivity contribution in [3.63, 3.8) is 0 Å². The molecule has 2 rings (SSSR count). The summed E-state index contributed by atoms with van der Waals surface area (Å²) in [6.07, 6.45) is 2.30. The second kappa shape index (κ2) is 10.7. The molecule has 1 amide bonds. The normalized spacial score (nSPS) is 17.4. The summed E-state index contributed by atoms with van der Waals surface area (Å²) < 4.78 is 5.12. The summed E-state index contributed by atoms with van der Waals surface area (Å²) in [6, 6.07) is 7.55. The van der Waals surface area contributed by atoms with Gasteiger partial charge in [-0.15, -0.1) is 24.8 Å². The predicted octanol–water partition coefficient (Wildman–Crippen LogP) is 1.95. The third-order valence-corrected chi connectivity index (χ3v) is 3.79. The maximum absolute atomic E-state index is 12.1. The van der Waals surface area contributed by atoms with Crippen LogP contribution in [0.5, 0.6) is 0 Å². The third-order valence-electron chi connectivity index (χ3n) is 3.79. The first kappa shape index (κ1) is 21.0. The molecule has 3 N–H and O–H groups in total. The van der Waals surface area contributed by atoms with Crippen LogP contribution in [-0.2, 0) is 4.74 Å². The minimum absolute atomic E-state index is 0. The number of ether oxygens (including phenoxy) is 1. The van der Waals surface area contributed by atoms with Crippen molar-refractivity contribution < 1.29 is 9.53 Å². The third kappa shape index (κ3) is 5.65. The molecule has 0 bridgehead atoms. The molecular formula is C15H25Cl2N3O2. The molecule has 126 valence electrons. The molecule has 7 heteroatoms. The van der Waals surface area contributed by atoms with Crippen LogP contribution in [0.1, 0.15) is 23.2 Å². The summed E-state index contributed by atoms with van der Waals surface area (Å²) in [6.45, 7) is 3.40. The number of halogens is 2. The molecule has 5 nitrogen and oxygen atoms in total. The summed E-state index contributed by atoms with van der Waals surface area (Å²) in [4.78, 5) is 14.5. The molecule has 22 heavy (non-hydrogen) atoms. The fraction of sp³-hybridized carbons (Fsp3) is 0.533. The Balaban J connectivity index is 0.00000220. The molecule has 1 fully saturated rings. The van der Waals surface area contributed by atoms with Gasteiger partial charge in [-0.3, -0.25) is 9.69 Å². The van der Waals surface area contributed by atoms with Crippen molar-refractivity contribution in [2.45, 2.75) is 18.9 Å². The molecule has 1 aliphatic heterocycles. The standard InChI is InChI=1S/C15H23N3O2.2ClH/c1-20-10-9-18-8-4-5-12(18)11-17-15(19)13-6-2-3-7-14(13)16;;/h2-3,6-7,12H,4-5,8-11,16H2,1H3,(H,17,19);2*1H. The van der Waals surface area contributed by atoms with Crippen molar-refractivity contribution >= 4 is 36.4 Å². The molecule has 0 aliphatic carbocycles. The van der Waals surface area contributed by atoms with Gasteiger partial charge in [0.15, 0.2) is 0 Å². The summed E-state index contributed by atoms with van der Waals surface area (Å²) >= 11 is 0. The van der Waals surface area contributed by atoms with Crippen molar-refractivity contribution in [1.82, 2.24) is 10.2 Å². The van der Waals surface area contributed by atoms with Crippen molar-refractivity contribution in [2.24, 2.45) is 0 Å². The van der Waals surface area contributed by atoms with E-state index in [1.54, 1.807) is 19.2 Å². The highest BCUT2D eigenvalue weighted by atomic mass is 35.5. The average Bonchev–Trinajstić information content (AvgIpc) is 2.90. The maximum atomic E-state index is 12.1. The highest BCUT2D eigenvalue weighted by Gasteiger charge is 2.24. The first-order valence-corrected chi connectivity index (χ1v) is 7.08. The number of nitrogens with two attached hydrogens (primary N) is 1. The fourth-order valence-electron chi connectivity index (χ4n) is 2.64. The first-order valence-electron chi connectivity index (χ1n) is 7.08. The van der Waals surface area contributed by atoms with Crippen LogP contribution in [0.4, 0.5) is 5.69 Å². The number of amides is 1. The largest absolute Gasteiger partial charge is 0.398 e. The Labute approximate surface area is 144 Å². The number of para-hydroxylation sites is 1. The van der Waals surface area contributed by atoms with E-state index in [4.69, 9.17) is 10.5 Å². The monoisotopic (exact) mass is 349 g/mol. The number of likely N-dealkylation sites (tertiary alicyclic amines) is 1. The van der Waals surface area contributed by atoms with Gasteiger partial charge < -0.3 is 15.8 Å². The maximum Gasteiger partial charge on any atom is 0.253 e. The number of rotatable bonds is 6. The van der Waals surface area contributed by atoms with E-state index in [1.807, 2.05) is 12.1 Å². The van der Waals surface area contributed by atoms with Crippen LogP contribution in [0.25, 0.3) is 0 Å². The lowest BCUT2D eigenvalue weighted by Gasteiger charge is -2.24. The first-order chi connectivity index (χ1) is 9.72. The summed E-state index contributed by atoms with van der Waals surface area (Å²) in [7, 11) is 1.71. The van der Waals surface area contributed by atoms with Gasteiger partial charge in [0.1, 0.15) is 0 Å². The number of anilines is 1. The number of nitrogens with zero attached hydrogens (tertiary/aromatic N) is 1. The number of methoxy groups -OCH3 is 1. The molecular weight excluding hydrogens is 325 g/mol. The minimum Gasteiger partial charge on any atom is -0.398 e. The topological polar surface area (TPSA) is 67.6 Å². The zero-order valence-electron chi connectivity index (χ0n) is 12.8. The van der Waals surface area contributed by atoms with Crippen LogP contribution in [0.2, 0.25) is 0 Å². The van der Waals surface area contributed by atoms with Crippen molar-refractivity contribution in [1.29, 1.82) is 0 Å². The van der Waals surface area contributed by atoms with Gasteiger partial charge in [-0.2, -0.15) is 0 Å². The van der Waals surface area contributed by atoms with Crippen LogP contribution in [0.3, 0.4) is 0 Å². The van der Waals surface area contributed by atoms with Gasteiger partial charge in [-0.05, 0) is 31.5 Å². The molecule has 1 aromatic rings. The van der Waals surface area contributed by atoms with Gasteiger partial charge in [-0.1, -0.05) is 12.1 Å². The van der Waals surface area contributed by atoms with Crippen molar-refractivity contribution in [3.05, 3.63) is 29.8 Å². The predicted molar refractivity (Wildman–Crippen MR) is 94.2 cm³/mol. The quantitative estimate of drug-likeness (QED) is 0.770. The Kier molecular flexibility index (Phi) is 10.2. The van der Waals surface area contributed by atoms with Gasteiger partial charge in [0.2, 0.25) is 0 Å². The number of nitrogen functional groups attached to an aromatic ring is 1. The van der Waals surface area contributed by atoms with Crippen LogP contribution in [-0.4, -0.2) is 50.2 Å². The number of nitrogens with one attached hydrogen (secondary N) is 1. The lowest BCUT2D eigenvalue weighted by Crippen LogP contribution is -2.41. The number of carbonyl (C=O) groups excluding carboxylic acids is 1. The van der Waals surface area contributed by atoms with Crippen LogP contribution in [0.15, 0.2) is 24.3 Å². The molecule has 0 aromatic heterocycles. The smallest absolute Gasteiger partial charge is 0.253 e. The SMILES string of the molecule is COCCN1CCCC1CNC(=O)c1ccccc1N.Cl.Cl. The van der Waals surface area contributed by atoms with Gasteiger partial charge in [0.05, 0.1) is 12.2 Å². The highest BCUT2D eigenvalue weighted by Crippen LogP contribution is 2.16. The van der Waals surface area contributed by atoms with E-state index in [2.05, 4.69) is 10.2 Å². The number of benzene rings is 1. The number of carbonyl (C=O) groups is 1. The van der Waals surface area contributed by atoms with E-state index < -0.39 is 0 Å². The highest BCUT2D eigenvalue weighted by molar-refractivity contribution is 5.99. The van der Waals surface area contributed by atoms with E-state index in [0.717, 1.165) is 26.1 Å². The molecule has 1 aromatic carbocycles. The number of hydrogen-bond acceptors (Lipinski definition) is 4. The molecule has 1 aliphatic rings. The van der Waals surface area contributed by atoms with Gasteiger partial charge in [0, 0.05) is 31.9 Å². The van der Waals surface area contributed by atoms with E-state index in [9.17, 15) is 4.79 Å². The average molecular weight is 350 g/mol. The lowest BCUT2D eigenvalue weighted by molar-refractivity contribution is 0.0933. The Morgan fingerprint density at radius 3 is 2.82 bits per heavy atom. The van der Waals surface area contributed by atoms with Crippen LogP contribution < -0.4 is 11.1 Å². The fourth-order valence-corrected chi connectivity index (χ4v) is 2.64. The summed E-state index contributed by atoms with van der Waals surface area (Å²) in [5.74, 6) is -0.0957. The van der Waals surface area contributed by atoms with Crippen molar-refractivity contribution in [2.75, 3.05) is 39.1 Å². The second-order valence-corrected chi connectivity index (χ2v) is 5.12. The van der Waals surface area contributed by atoms with E-state index >= 15 is 0 Å². The molecule has 1 heterocycles. The summed E-state index contributed by atoms with van der Waals surface area (Å²) in [5.41, 5.74) is 6.88. The van der Waals surface area contributed by atoms with Gasteiger partial charge in [-0.25, -0.2) is 0 Å². The Morgan fingerprint density at radius 1 is 1.41 bits per heavy atom. The van der Waals surface area contributed by atoms with Crippen LogP contribution in [0, 0.1) is 0 Å². The molecule has 0 spiro atoms. The number of hydrogen-bond donors (Lipinski definition) is 2. The molecule has 1 atom stereocenters. The molecule has 1 saturated heterocycles. The van der Waals surface area contributed by atoms with Crippen LogP contribution >= 0.6 is 24.8 Å². The lowest BCUT2D eigenvalue weighted by atomic mass is 10.1. The molecule has 0 saturated carbocycles. The zero-order valence-corrected chi connectivity index (χ0v) is 14.4. The zero-order chi connectivity index (χ0) is 14.4. The Hall–Kier alpha value is -1.01.